The quantitative estimate of drug-likeness (QED) is 0.514. The van der Waals surface area contributed by atoms with Gasteiger partial charge in [0.25, 0.3) is 0 Å². The molecular weight excluding hydrogens is 210 g/mol. The number of hydrogen-bond acceptors (Lipinski definition) is 5. The van der Waals surface area contributed by atoms with Gasteiger partial charge in [0, 0.05) is 5.57 Å². The molecule has 16 heavy (non-hydrogen) atoms. The number of carbonyl (C=O) groups excluding carboxylic acids is 2. The lowest BCUT2D eigenvalue weighted by atomic mass is 9.75. The van der Waals surface area contributed by atoms with Gasteiger partial charge in [0.15, 0.2) is 5.41 Å². The molecule has 0 aliphatic heterocycles. The Morgan fingerprint density at radius 3 is 2.25 bits per heavy atom. The molecule has 0 saturated carbocycles. The summed E-state index contributed by atoms with van der Waals surface area (Å²) in [6.07, 6.45) is 2.40. The van der Waals surface area contributed by atoms with Crippen molar-refractivity contribution in [2.45, 2.75) is 19.3 Å². The van der Waals surface area contributed by atoms with Gasteiger partial charge in [-0.3, -0.25) is 9.59 Å². The van der Waals surface area contributed by atoms with Crippen molar-refractivity contribution in [3.63, 3.8) is 0 Å². The lowest BCUT2D eigenvalue weighted by Gasteiger charge is -2.29. The molecule has 1 aliphatic carbocycles. The van der Waals surface area contributed by atoms with Crippen LogP contribution < -0.4 is 0 Å². The molecule has 0 fully saturated rings. The number of carbonyl (C=O) groups is 2. The van der Waals surface area contributed by atoms with Crippen LogP contribution in [0.4, 0.5) is 0 Å². The monoisotopic (exact) mass is 223 g/mol. The van der Waals surface area contributed by atoms with Gasteiger partial charge >= 0.3 is 11.9 Å². The van der Waals surface area contributed by atoms with Crippen molar-refractivity contribution in [3.8, 4) is 6.07 Å². The van der Waals surface area contributed by atoms with Crippen LogP contribution in [0.15, 0.2) is 11.6 Å². The summed E-state index contributed by atoms with van der Waals surface area (Å²) in [4.78, 5) is 23.3. The van der Waals surface area contributed by atoms with E-state index in [9.17, 15) is 9.59 Å². The van der Waals surface area contributed by atoms with Crippen molar-refractivity contribution in [2.24, 2.45) is 5.41 Å². The summed E-state index contributed by atoms with van der Waals surface area (Å²) in [5.41, 5.74) is -0.687. The molecule has 1 rings (SSSR count). The fraction of sp³-hybridized carbons (Fsp3) is 0.545. The van der Waals surface area contributed by atoms with Gasteiger partial charge in [-0.05, 0) is 19.3 Å². The first-order chi connectivity index (χ1) is 7.60. The highest BCUT2D eigenvalue weighted by Crippen LogP contribution is 2.37. The van der Waals surface area contributed by atoms with Crippen LogP contribution in [0.1, 0.15) is 19.3 Å². The molecule has 0 atom stereocenters. The lowest BCUT2D eigenvalue weighted by Crippen LogP contribution is -2.42. The number of nitriles is 1. The van der Waals surface area contributed by atoms with Crippen molar-refractivity contribution in [3.05, 3.63) is 11.6 Å². The maximum atomic E-state index is 11.6. The molecule has 0 amide bonds. The minimum atomic E-state index is -1.27. The van der Waals surface area contributed by atoms with Gasteiger partial charge in [-0.15, -0.1) is 0 Å². The van der Waals surface area contributed by atoms with Crippen molar-refractivity contribution in [1.82, 2.24) is 0 Å². The standard InChI is InChI=1S/C11H13NO4/c1-15-9(13)11(10(14)16-2)5-3-8(7-12)4-6-11/h3H,4-6H2,1-2H3. The number of allylic oxidation sites excluding steroid dienone is 2. The molecule has 0 aromatic carbocycles. The fourth-order valence-corrected chi connectivity index (χ4v) is 1.80. The Labute approximate surface area is 93.6 Å². The van der Waals surface area contributed by atoms with Crippen molar-refractivity contribution < 1.29 is 19.1 Å². The van der Waals surface area contributed by atoms with Gasteiger partial charge in [0.05, 0.1) is 20.3 Å². The number of rotatable bonds is 2. The van der Waals surface area contributed by atoms with Gasteiger partial charge in [0.1, 0.15) is 0 Å². The normalized spacial score (nSPS) is 17.9. The van der Waals surface area contributed by atoms with Crippen LogP contribution in [0.5, 0.6) is 0 Å². The number of hydrogen-bond donors (Lipinski definition) is 0. The van der Waals surface area contributed by atoms with Crippen LogP contribution in [-0.4, -0.2) is 26.2 Å². The molecular formula is C11H13NO4. The molecule has 0 aromatic rings. The molecule has 0 unspecified atom stereocenters. The maximum absolute atomic E-state index is 11.6. The second kappa shape index (κ2) is 4.79. The molecule has 0 N–H and O–H groups in total. The van der Waals surface area contributed by atoms with E-state index >= 15 is 0 Å². The Morgan fingerprint density at radius 2 is 1.94 bits per heavy atom. The van der Waals surface area contributed by atoms with Gasteiger partial charge < -0.3 is 9.47 Å². The van der Waals surface area contributed by atoms with Crippen LogP contribution in [0.3, 0.4) is 0 Å². The van der Waals surface area contributed by atoms with Crippen molar-refractivity contribution >= 4 is 11.9 Å². The molecule has 0 aromatic heterocycles. The summed E-state index contributed by atoms with van der Waals surface area (Å²) in [5.74, 6) is -1.21. The molecule has 5 heteroatoms. The summed E-state index contributed by atoms with van der Waals surface area (Å²) in [5, 5.41) is 8.70. The van der Waals surface area contributed by atoms with Gasteiger partial charge in [-0.1, -0.05) is 6.08 Å². The van der Waals surface area contributed by atoms with Crippen molar-refractivity contribution in [2.75, 3.05) is 14.2 Å². The minimum absolute atomic E-state index is 0.162. The first kappa shape index (κ1) is 12.2. The van der Waals surface area contributed by atoms with Crippen LogP contribution in [0.25, 0.3) is 0 Å². The third-order valence-corrected chi connectivity index (χ3v) is 2.81. The van der Waals surface area contributed by atoms with Crippen LogP contribution in [0, 0.1) is 16.7 Å². The summed E-state index contributed by atoms with van der Waals surface area (Å²) in [6.45, 7) is 0. The molecule has 5 nitrogen and oxygen atoms in total. The first-order valence-corrected chi connectivity index (χ1v) is 4.86. The second-order valence-corrected chi connectivity index (χ2v) is 3.61. The molecule has 1 aliphatic rings. The van der Waals surface area contributed by atoms with Crippen molar-refractivity contribution in [1.29, 1.82) is 5.26 Å². The Bertz CT molecular complexity index is 362. The Hall–Kier alpha value is -1.83. The molecule has 0 radical (unpaired) electrons. The lowest BCUT2D eigenvalue weighted by molar-refractivity contribution is -0.169. The topological polar surface area (TPSA) is 76.4 Å². The second-order valence-electron chi connectivity index (χ2n) is 3.61. The summed E-state index contributed by atoms with van der Waals surface area (Å²) in [6, 6.07) is 2.01. The van der Waals surface area contributed by atoms with Crippen LogP contribution in [-0.2, 0) is 19.1 Å². The van der Waals surface area contributed by atoms with E-state index in [1.165, 1.54) is 14.2 Å². The van der Waals surface area contributed by atoms with E-state index in [-0.39, 0.29) is 12.8 Å². The predicted molar refractivity (Wildman–Crippen MR) is 54.0 cm³/mol. The SMILES string of the molecule is COC(=O)C1(C(=O)OC)CC=C(C#N)CC1. The number of nitrogens with zero attached hydrogens (tertiary/aromatic N) is 1. The Balaban J connectivity index is 3.02. The molecule has 0 spiro atoms. The van der Waals surface area contributed by atoms with Gasteiger partial charge in [-0.2, -0.15) is 5.26 Å². The van der Waals surface area contributed by atoms with E-state index in [0.29, 0.717) is 12.0 Å². The predicted octanol–water partition coefficient (Wildman–Crippen LogP) is 0.953. The Morgan fingerprint density at radius 1 is 1.38 bits per heavy atom. The molecule has 0 heterocycles. The third kappa shape index (κ3) is 1.91. The van der Waals surface area contributed by atoms with E-state index in [1.807, 2.05) is 6.07 Å². The van der Waals surface area contributed by atoms with Gasteiger partial charge in [-0.25, -0.2) is 0 Å². The maximum Gasteiger partial charge on any atom is 0.323 e. The zero-order valence-electron chi connectivity index (χ0n) is 9.28. The average Bonchev–Trinajstić information content (AvgIpc) is 2.36. The first-order valence-electron chi connectivity index (χ1n) is 4.86. The van der Waals surface area contributed by atoms with Gasteiger partial charge in [0.2, 0.25) is 0 Å². The smallest absolute Gasteiger partial charge is 0.323 e. The zero-order valence-corrected chi connectivity index (χ0v) is 9.28. The fourth-order valence-electron chi connectivity index (χ4n) is 1.80. The van der Waals surface area contributed by atoms with Crippen LogP contribution in [0.2, 0.25) is 0 Å². The van der Waals surface area contributed by atoms with E-state index in [4.69, 9.17) is 5.26 Å². The summed E-state index contributed by atoms with van der Waals surface area (Å²) < 4.78 is 9.27. The Kier molecular flexibility index (Phi) is 3.67. The average molecular weight is 223 g/mol. The van der Waals surface area contributed by atoms with E-state index in [2.05, 4.69) is 9.47 Å². The summed E-state index contributed by atoms with van der Waals surface area (Å²) >= 11 is 0. The minimum Gasteiger partial charge on any atom is -0.468 e. The largest absolute Gasteiger partial charge is 0.468 e. The molecule has 86 valence electrons. The molecule has 0 bridgehead atoms. The van der Waals surface area contributed by atoms with E-state index in [0.717, 1.165) is 0 Å². The van der Waals surface area contributed by atoms with Crippen LogP contribution >= 0.6 is 0 Å². The highest BCUT2D eigenvalue weighted by Gasteiger charge is 2.48. The highest BCUT2D eigenvalue weighted by atomic mass is 16.5. The number of ether oxygens (including phenoxy) is 2. The summed E-state index contributed by atoms with van der Waals surface area (Å²) in [7, 11) is 2.47. The molecule has 0 saturated heterocycles. The third-order valence-electron chi connectivity index (χ3n) is 2.81. The number of esters is 2. The number of methoxy groups -OCH3 is 2. The van der Waals surface area contributed by atoms with E-state index in [1.54, 1.807) is 6.08 Å². The highest BCUT2D eigenvalue weighted by molar-refractivity contribution is 6.00. The van der Waals surface area contributed by atoms with E-state index < -0.39 is 17.4 Å². The zero-order chi connectivity index (χ0) is 12.2.